The van der Waals surface area contributed by atoms with Crippen LogP contribution in [0.3, 0.4) is 0 Å². The van der Waals surface area contributed by atoms with E-state index >= 15 is 0 Å². The number of rotatable bonds is 4. The van der Waals surface area contributed by atoms with E-state index in [-0.39, 0.29) is 12.4 Å². The molecule has 1 aliphatic heterocycles. The third kappa shape index (κ3) is 3.30. The number of benzene rings is 1. The molecular weight excluding hydrogens is 257 g/mol. The molecule has 0 saturated carbocycles. The van der Waals surface area contributed by atoms with Crippen molar-refractivity contribution < 1.29 is 14.6 Å². The van der Waals surface area contributed by atoms with E-state index in [1.807, 2.05) is 6.07 Å². The number of aliphatic hydroxyl groups excluding tert-OH is 2. The first-order chi connectivity index (χ1) is 9.52. The lowest BCUT2D eigenvalue weighted by Gasteiger charge is -2.36. The van der Waals surface area contributed by atoms with Gasteiger partial charge < -0.3 is 15.1 Å². The van der Waals surface area contributed by atoms with Crippen molar-refractivity contribution in [1.29, 1.82) is 0 Å². The number of aryl methyl sites for hydroxylation is 1. The van der Waals surface area contributed by atoms with E-state index in [1.54, 1.807) is 13.8 Å². The van der Waals surface area contributed by atoms with Gasteiger partial charge in [0.05, 0.1) is 6.10 Å². The average molecular weight is 281 g/mol. The first-order valence-corrected chi connectivity index (χ1v) is 7.36. The molecule has 2 unspecified atom stereocenters. The SMILES string of the molecule is Cc1cc(N2CCCC(CCO)C2)c(C(C)O)cc1F. The Hall–Kier alpha value is -1.13. The number of hydrogen-bond acceptors (Lipinski definition) is 3. The van der Waals surface area contributed by atoms with Gasteiger partial charge in [-0.15, -0.1) is 0 Å². The minimum absolute atomic E-state index is 0.213. The van der Waals surface area contributed by atoms with Gasteiger partial charge in [0.1, 0.15) is 5.82 Å². The van der Waals surface area contributed by atoms with E-state index in [2.05, 4.69) is 4.90 Å². The summed E-state index contributed by atoms with van der Waals surface area (Å²) in [5.74, 6) is 0.203. The molecule has 4 heteroatoms. The summed E-state index contributed by atoms with van der Waals surface area (Å²) in [5.41, 5.74) is 2.19. The second kappa shape index (κ2) is 6.55. The Morgan fingerprint density at radius 1 is 1.45 bits per heavy atom. The number of anilines is 1. The van der Waals surface area contributed by atoms with Crippen molar-refractivity contribution in [2.75, 3.05) is 24.6 Å². The van der Waals surface area contributed by atoms with Crippen LogP contribution >= 0.6 is 0 Å². The molecule has 0 radical (unpaired) electrons. The first kappa shape index (κ1) is 15.3. The smallest absolute Gasteiger partial charge is 0.126 e. The second-order valence-electron chi connectivity index (χ2n) is 5.80. The van der Waals surface area contributed by atoms with Gasteiger partial charge in [0.15, 0.2) is 0 Å². The summed E-state index contributed by atoms with van der Waals surface area (Å²) < 4.78 is 13.7. The third-order valence-electron chi connectivity index (χ3n) is 4.16. The molecule has 112 valence electrons. The molecule has 2 rings (SSSR count). The maximum absolute atomic E-state index is 13.7. The van der Waals surface area contributed by atoms with Crippen molar-refractivity contribution in [3.8, 4) is 0 Å². The van der Waals surface area contributed by atoms with Crippen LogP contribution in [-0.4, -0.2) is 29.9 Å². The zero-order valence-electron chi connectivity index (χ0n) is 12.3. The molecular formula is C16H24FNO2. The van der Waals surface area contributed by atoms with E-state index < -0.39 is 6.10 Å². The van der Waals surface area contributed by atoms with Crippen molar-refractivity contribution in [1.82, 2.24) is 0 Å². The second-order valence-corrected chi connectivity index (χ2v) is 5.80. The number of nitrogens with zero attached hydrogens (tertiary/aromatic N) is 1. The summed E-state index contributed by atoms with van der Waals surface area (Å²) in [6, 6.07) is 3.28. The van der Waals surface area contributed by atoms with Crippen molar-refractivity contribution >= 4 is 5.69 Å². The van der Waals surface area contributed by atoms with Gasteiger partial charge in [0, 0.05) is 30.9 Å². The van der Waals surface area contributed by atoms with Crippen LogP contribution in [0.5, 0.6) is 0 Å². The third-order valence-corrected chi connectivity index (χ3v) is 4.16. The normalized spacial score (nSPS) is 21.1. The Kier molecular flexibility index (Phi) is 5.00. The minimum Gasteiger partial charge on any atom is -0.396 e. The Labute approximate surface area is 120 Å². The largest absolute Gasteiger partial charge is 0.396 e. The lowest BCUT2D eigenvalue weighted by molar-refractivity contribution is 0.198. The summed E-state index contributed by atoms with van der Waals surface area (Å²) in [7, 11) is 0. The van der Waals surface area contributed by atoms with Gasteiger partial charge in [-0.05, 0) is 56.7 Å². The van der Waals surface area contributed by atoms with Gasteiger partial charge in [0.25, 0.3) is 0 Å². The molecule has 2 N–H and O–H groups in total. The molecule has 0 bridgehead atoms. The molecule has 0 aliphatic carbocycles. The minimum atomic E-state index is -0.682. The molecule has 0 spiro atoms. The predicted molar refractivity (Wildman–Crippen MR) is 78.4 cm³/mol. The number of hydrogen-bond donors (Lipinski definition) is 2. The van der Waals surface area contributed by atoms with Gasteiger partial charge in [-0.25, -0.2) is 4.39 Å². The van der Waals surface area contributed by atoms with Crippen molar-refractivity contribution in [3.63, 3.8) is 0 Å². The zero-order chi connectivity index (χ0) is 14.7. The summed E-state index contributed by atoms with van der Waals surface area (Å²) in [6.45, 7) is 5.42. The maximum atomic E-state index is 13.7. The molecule has 1 aromatic carbocycles. The molecule has 20 heavy (non-hydrogen) atoms. The van der Waals surface area contributed by atoms with Gasteiger partial charge in [0.2, 0.25) is 0 Å². The Morgan fingerprint density at radius 3 is 2.85 bits per heavy atom. The van der Waals surface area contributed by atoms with Crippen LogP contribution in [0.1, 0.15) is 43.4 Å². The topological polar surface area (TPSA) is 43.7 Å². The Balaban J connectivity index is 2.28. The Morgan fingerprint density at radius 2 is 2.20 bits per heavy atom. The molecule has 3 nitrogen and oxygen atoms in total. The van der Waals surface area contributed by atoms with Gasteiger partial charge in [-0.2, -0.15) is 0 Å². The summed E-state index contributed by atoms with van der Waals surface area (Å²) >= 11 is 0. The number of halogens is 1. The maximum Gasteiger partial charge on any atom is 0.126 e. The van der Waals surface area contributed by atoms with Crippen LogP contribution in [0.25, 0.3) is 0 Å². The first-order valence-electron chi connectivity index (χ1n) is 7.36. The van der Waals surface area contributed by atoms with Crippen LogP contribution in [-0.2, 0) is 0 Å². The van der Waals surface area contributed by atoms with Crippen molar-refractivity contribution in [2.45, 2.75) is 39.2 Å². The average Bonchev–Trinajstić information content (AvgIpc) is 2.42. The standard InChI is InChI=1S/C16H24FNO2/c1-11-8-16(14(12(2)20)9-15(11)17)18-6-3-4-13(10-18)5-7-19/h8-9,12-13,19-20H,3-7,10H2,1-2H3. The molecule has 1 saturated heterocycles. The van der Waals surface area contributed by atoms with E-state index in [1.165, 1.54) is 6.07 Å². The zero-order valence-corrected chi connectivity index (χ0v) is 12.3. The molecule has 2 atom stereocenters. The van der Waals surface area contributed by atoms with Crippen LogP contribution in [0.2, 0.25) is 0 Å². The highest BCUT2D eigenvalue weighted by Crippen LogP contribution is 2.32. The highest BCUT2D eigenvalue weighted by molar-refractivity contribution is 5.57. The van der Waals surface area contributed by atoms with E-state index in [4.69, 9.17) is 5.11 Å². The molecule has 1 aromatic rings. The quantitative estimate of drug-likeness (QED) is 0.892. The fraction of sp³-hybridized carbons (Fsp3) is 0.625. The number of aliphatic hydroxyl groups is 2. The van der Waals surface area contributed by atoms with Crippen LogP contribution in [0.15, 0.2) is 12.1 Å². The predicted octanol–water partition coefficient (Wildman–Crippen LogP) is 2.79. The lowest BCUT2D eigenvalue weighted by Crippen LogP contribution is -2.36. The van der Waals surface area contributed by atoms with E-state index in [0.717, 1.165) is 38.0 Å². The lowest BCUT2D eigenvalue weighted by atomic mass is 9.93. The molecule has 0 aromatic heterocycles. The van der Waals surface area contributed by atoms with E-state index in [9.17, 15) is 9.50 Å². The summed E-state index contributed by atoms with van der Waals surface area (Å²) in [4.78, 5) is 2.22. The summed E-state index contributed by atoms with van der Waals surface area (Å²) in [6.07, 6.45) is 2.32. The number of piperidine rings is 1. The fourth-order valence-corrected chi connectivity index (χ4v) is 2.99. The van der Waals surface area contributed by atoms with Gasteiger partial charge in [-0.3, -0.25) is 0 Å². The van der Waals surface area contributed by atoms with Crippen LogP contribution in [0.4, 0.5) is 10.1 Å². The monoisotopic (exact) mass is 281 g/mol. The van der Waals surface area contributed by atoms with Crippen LogP contribution < -0.4 is 4.90 Å². The van der Waals surface area contributed by atoms with Crippen molar-refractivity contribution in [2.24, 2.45) is 5.92 Å². The highest BCUT2D eigenvalue weighted by Gasteiger charge is 2.23. The highest BCUT2D eigenvalue weighted by atomic mass is 19.1. The molecule has 1 heterocycles. The van der Waals surface area contributed by atoms with Crippen LogP contribution in [0, 0.1) is 18.7 Å². The molecule has 1 fully saturated rings. The van der Waals surface area contributed by atoms with Gasteiger partial charge >= 0.3 is 0 Å². The fourth-order valence-electron chi connectivity index (χ4n) is 2.99. The Bertz CT molecular complexity index is 460. The van der Waals surface area contributed by atoms with E-state index in [0.29, 0.717) is 17.0 Å². The van der Waals surface area contributed by atoms with Crippen molar-refractivity contribution in [3.05, 3.63) is 29.1 Å². The molecule has 1 aliphatic rings. The summed E-state index contributed by atoms with van der Waals surface area (Å²) in [5, 5.41) is 19.0. The van der Waals surface area contributed by atoms with Gasteiger partial charge in [-0.1, -0.05) is 0 Å². The molecule has 0 amide bonds.